The maximum absolute atomic E-state index is 10.5. The van der Waals surface area contributed by atoms with Crippen LogP contribution in [0.1, 0.15) is 30.3 Å². The van der Waals surface area contributed by atoms with Crippen LogP contribution in [0.4, 0.5) is 0 Å². The van der Waals surface area contributed by atoms with Crippen molar-refractivity contribution in [1.29, 1.82) is 0 Å². The van der Waals surface area contributed by atoms with Gasteiger partial charge in [0.25, 0.3) is 0 Å². The average molecular weight is 398 g/mol. The summed E-state index contributed by atoms with van der Waals surface area (Å²) in [6.45, 7) is 6.53. The van der Waals surface area contributed by atoms with Crippen LogP contribution in [0.2, 0.25) is 0 Å². The van der Waals surface area contributed by atoms with E-state index in [9.17, 15) is 5.11 Å². The van der Waals surface area contributed by atoms with E-state index >= 15 is 0 Å². The number of hydrogen-bond donors (Lipinski definition) is 3. The van der Waals surface area contributed by atoms with Gasteiger partial charge in [-0.3, -0.25) is 9.89 Å². The molecule has 29 heavy (non-hydrogen) atoms. The molecule has 2 aromatic rings. The first-order valence-electron chi connectivity index (χ1n) is 10.6. The second-order valence-corrected chi connectivity index (χ2v) is 7.87. The third-order valence-corrected chi connectivity index (χ3v) is 5.63. The van der Waals surface area contributed by atoms with Crippen molar-refractivity contribution in [1.82, 2.24) is 30.3 Å². The van der Waals surface area contributed by atoms with Gasteiger partial charge in [0.15, 0.2) is 5.96 Å². The van der Waals surface area contributed by atoms with E-state index in [0.29, 0.717) is 13.1 Å². The zero-order valence-corrected chi connectivity index (χ0v) is 17.1. The Balaban J connectivity index is 1.29. The first-order valence-corrected chi connectivity index (χ1v) is 10.6. The van der Waals surface area contributed by atoms with Crippen molar-refractivity contribution in [2.45, 2.75) is 51.4 Å². The minimum absolute atomic E-state index is 0.262. The lowest BCUT2D eigenvalue weighted by molar-refractivity contribution is 0.111. The molecule has 3 heterocycles. The number of rotatable bonds is 6. The molecular formula is C21H31N7O. The molecule has 0 spiro atoms. The number of aliphatic imine (C=N–C) groups is 1. The molecule has 1 aromatic carbocycles. The van der Waals surface area contributed by atoms with Crippen LogP contribution >= 0.6 is 0 Å². The summed E-state index contributed by atoms with van der Waals surface area (Å²) in [5.41, 5.74) is 2.80. The Morgan fingerprint density at radius 2 is 2.17 bits per heavy atom. The minimum Gasteiger partial charge on any atom is -0.390 e. The van der Waals surface area contributed by atoms with E-state index in [2.05, 4.69) is 61.8 Å². The Morgan fingerprint density at radius 1 is 1.31 bits per heavy atom. The lowest BCUT2D eigenvalue weighted by Crippen LogP contribution is -2.47. The number of benzene rings is 1. The zero-order chi connectivity index (χ0) is 20.1. The van der Waals surface area contributed by atoms with Crippen molar-refractivity contribution in [2.24, 2.45) is 4.99 Å². The number of nitrogens with zero attached hydrogens (tertiary/aromatic N) is 5. The molecule has 2 atom stereocenters. The highest BCUT2D eigenvalue weighted by molar-refractivity contribution is 5.80. The van der Waals surface area contributed by atoms with E-state index in [-0.39, 0.29) is 6.04 Å². The number of aliphatic hydroxyl groups is 1. The molecule has 0 bridgehead atoms. The number of nitrogens with one attached hydrogen (secondary N) is 2. The predicted molar refractivity (Wildman–Crippen MR) is 113 cm³/mol. The third-order valence-electron chi connectivity index (χ3n) is 5.63. The maximum atomic E-state index is 10.5. The van der Waals surface area contributed by atoms with Crippen LogP contribution in [0.3, 0.4) is 0 Å². The van der Waals surface area contributed by atoms with Crippen LogP contribution in [0.5, 0.6) is 0 Å². The molecule has 3 N–H and O–H groups in total. The number of aliphatic hydroxyl groups excluding tert-OH is 1. The Morgan fingerprint density at radius 3 is 3.03 bits per heavy atom. The van der Waals surface area contributed by atoms with E-state index in [1.54, 1.807) is 6.33 Å². The van der Waals surface area contributed by atoms with Gasteiger partial charge < -0.3 is 15.7 Å². The average Bonchev–Trinajstić information content (AvgIpc) is 3.20. The van der Waals surface area contributed by atoms with Gasteiger partial charge in [-0.2, -0.15) is 5.10 Å². The van der Waals surface area contributed by atoms with Crippen LogP contribution in [0.15, 0.2) is 35.6 Å². The Kier molecular flexibility index (Phi) is 6.41. The summed E-state index contributed by atoms with van der Waals surface area (Å²) in [7, 11) is 0. The van der Waals surface area contributed by atoms with Crippen molar-refractivity contribution in [3.8, 4) is 0 Å². The maximum Gasteiger partial charge on any atom is 0.191 e. The second kappa shape index (κ2) is 9.37. The van der Waals surface area contributed by atoms with Crippen LogP contribution in [-0.2, 0) is 25.9 Å². The summed E-state index contributed by atoms with van der Waals surface area (Å²) in [6.07, 6.45) is 4.09. The van der Waals surface area contributed by atoms with Crippen molar-refractivity contribution in [3.05, 3.63) is 47.5 Å². The molecule has 0 aliphatic carbocycles. The number of guanidine groups is 1. The van der Waals surface area contributed by atoms with E-state index in [4.69, 9.17) is 0 Å². The second-order valence-electron chi connectivity index (χ2n) is 7.87. The Bertz CT molecular complexity index is 834. The number of aromatic nitrogens is 3. The molecule has 1 aromatic heterocycles. The van der Waals surface area contributed by atoms with Gasteiger partial charge in [0, 0.05) is 38.6 Å². The largest absolute Gasteiger partial charge is 0.390 e. The summed E-state index contributed by atoms with van der Waals surface area (Å²) in [5, 5.41) is 21.6. The number of β-amino-alcohol motifs (C(OH)–C–C–N with tert-alkyl or cyclic N) is 1. The van der Waals surface area contributed by atoms with Crippen LogP contribution in [0.25, 0.3) is 0 Å². The quantitative estimate of drug-likeness (QED) is 0.488. The molecule has 8 nitrogen and oxygen atoms in total. The standard InChI is InChI=1S/C21H31N7O/c1-2-22-21(26-18-7-8-20-24-15-25-28(20)13-18)23-11-19(29)14-27-10-9-16-5-3-4-6-17(16)12-27/h3-6,15,18-19,29H,2,7-14H2,1H3,(H2,22,23,26). The van der Waals surface area contributed by atoms with Gasteiger partial charge in [-0.05, 0) is 30.9 Å². The van der Waals surface area contributed by atoms with E-state index in [1.165, 1.54) is 11.1 Å². The number of hydrogen-bond acceptors (Lipinski definition) is 5. The minimum atomic E-state index is -0.482. The lowest BCUT2D eigenvalue weighted by Gasteiger charge is -2.30. The Hall–Kier alpha value is -2.45. The molecule has 0 saturated heterocycles. The highest BCUT2D eigenvalue weighted by Gasteiger charge is 2.21. The normalized spacial score (nSPS) is 20.6. The smallest absolute Gasteiger partial charge is 0.191 e. The van der Waals surface area contributed by atoms with Gasteiger partial charge in [0.1, 0.15) is 12.2 Å². The number of fused-ring (bicyclic) bond motifs is 2. The van der Waals surface area contributed by atoms with Gasteiger partial charge in [0.05, 0.1) is 19.2 Å². The monoisotopic (exact) mass is 397 g/mol. The molecule has 0 fully saturated rings. The predicted octanol–water partition coefficient (Wildman–Crippen LogP) is 0.567. The third kappa shape index (κ3) is 5.13. The van der Waals surface area contributed by atoms with Gasteiger partial charge >= 0.3 is 0 Å². The molecule has 2 unspecified atom stereocenters. The SMILES string of the molecule is CCNC(=NCC(O)CN1CCc2ccccc2C1)NC1CCc2ncnn2C1. The first kappa shape index (κ1) is 19.8. The van der Waals surface area contributed by atoms with Gasteiger partial charge in [-0.1, -0.05) is 24.3 Å². The molecule has 0 radical (unpaired) electrons. The first-order chi connectivity index (χ1) is 14.2. The summed E-state index contributed by atoms with van der Waals surface area (Å²) in [6, 6.07) is 8.84. The fraction of sp³-hybridized carbons (Fsp3) is 0.571. The molecule has 2 aliphatic heterocycles. The summed E-state index contributed by atoms with van der Waals surface area (Å²) >= 11 is 0. The molecule has 4 rings (SSSR count). The highest BCUT2D eigenvalue weighted by atomic mass is 16.3. The highest BCUT2D eigenvalue weighted by Crippen LogP contribution is 2.18. The molecule has 0 saturated carbocycles. The van der Waals surface area contributed by atoms with Crippen molar-refractivity contribution < 1.29 is 5.11 Å². The van der Waals surface area contributed by atoms with Gasteiger partial charge in [0.2, 0.25) is 0 Å². The summed E-state index contributed by atoms with van der Waals surface area (Å²) in [4.78, 5) is 11.2. The zero-order valence-electron chi connectivity index (χ0n) is 17.1. The topological polar surface area (TPSA) is 90.6 Å². The van der Waals surface area contributed by atoms with Crippen molar-refractivity contribution in [2.75, 3.05) is 26.2 Å². The fourth-order valence-corrected chi connectivity index (χ4v) is 4.13. The van der Waals surface area contributed by atoms with E-state index in [0.717, 1.165) is 57.2 Å². The van der Waals surface area contributed by atoms with Crippen molar-refractivity contribution in [3.63, 3.8) is 0 Å². The van der Waals surface area contributed by atoms with Gasteiger partial charge in [-0.15, -0.1) is 0 Å². The lowest BCUT2D eigenvalue weighted by atomic mass is 10.00. The van der Waals surface area contributed by atoms with Crippen LogP contribution in [0, 0.1) is 0 Å². The van der Waals surface area contributed by atoms with E-state index in [1.807, 2.05) is 4.68 Å². The summed E-state index contributed by atoms with van der Waals surface area (Å²) in [5.74, 6) is 1.80. The van der Waals surface area contributed by atoms with Gasteiger partial charge in [-0.25, -0.2) is 9.67 Å². The fourth-order valence-electron chi connectivity index (χ4n) is 4.13. The number of aryl methyl sites for hydroxylation is 1. The van der Waals surface area contributed by atoms with Crippen molar-refractivity contribution >= 4 is 5.96 Å². The molecule has 8 heteroatoms. The molecule has 0 amide bonds. The van der Waals surface area contributed by atoms with Crippen LogP contribution < -0.4 is 10.6 Å². The molecule has 156 valence electrons. The van der Waals surface area contributed by atoms with Crippen LogP contribution in [-0.4, -0.2) is 69.1 Å². The summed E-state index contributed by atoms with van der Waals surface area (Å²) < 4.78 is 1.95. The van der Waals surface area contributed by atoms with E-state index < -0.39 is 6.10 Å². The molecule has 2 aliphatic rings. The Labute approximate surface area is 172 Å². The molecular weight excluding hydrogens is 366 g/mol.